The Balaban J connectivity index is 1.03. The van der Waals surface area contributed by atoms with Gasteiger partial charge in [0.25, 0.3) is 0 Å². The molecule has 15 rings (SSSR count). The zero-order chi connectivity index (χ0) is 72.9. The van der Waals surface area contributed by atoms with Gasteiger partial charge in [0, 0.05) is 46.1 Å². The first-order valence-electron chi connectivity index (χ1n) is 40.2. The summed E-state index contributed by atoms with van der Waals surface area (Å²) in [6, 6.07) is 42.0. The molecule has 0 fully saturated rings. The fourth-order valence-electron chi connectivity index (χ4n) is 21.4. The number of hydrogen-bond acceptors (Lipinski definition) is 2. The van der Waals surface area contributed by atoms with Gasteiger partial charge in [-0.1, -0.05) is 286 Å². The van der Waals surface area contributed by atoms with E-state index >= 15 is 0 Å². The van der Waals surface area contributed by atoms with Crippen molar-refractivity contribution in [3.63, 3.8) is 0 Å². The second kappa shape index (κ2) is 23.9. The summed E-state index contributed by atoms with van der Waals surface area (Å²) in [4.78, 5) is 5.59. The van der Waals surface area contributed by atoms with Crippen molar-refractivity contribution in [2.45, 2.75) is 282 Å². The van der Waals surface area contributed by atoms with E-state index in [4.69, 9.17) is 0 Å². The minimum Gasteiger partial charge on any atom is -0.361 e. The molecule has 0 amide bonds. The third-order valence-electron chi connectivity index (χ3n) is 27.4. The molecular weight excluding hydrogens is 1230 g/mol. The number of benzene rings is 5. The molecule has 5 aromatic carbocycles. The third-order valence-corrected chi connectivity index (χ3v) is 27.4. The molecule has 0 aliphatic heterocycles. The van der Waals surface area contributed by atoms with Crippen molar-refractivity contribution < 1.29 is 0 Å². The Morgan fingerprint density at radius 2 is 0.971 bits per heavy atom. The number of allylic oxidation sites excluding steroid dienone is 14. The van der Waals surface area contributed by atoms with Crippen LogP contribution in [-0.4, -0.2) is 12.1 Å². The number of rotatable bonds is 6. The van der Waals surface area contributed by atoms with E-state index < -0.39 is 5.41 Å². The minimum atomic E-state index is -0.421. The zero-order valence-corrected chi connectivity index (χ0v) is 67.6. The first-order valence-corrected chi connectivity index (χ1v) is 40.2. The van der Waals surface area contributed by atoms with Crippen molar-refractivity contribution in [2.75, 3.05) is 9.80 Å². The molecule has 0 saturated carbocycles. The van der Waals surface area contributed by atoms with Crippen LogP contribution in [0.2, 0.25) is 0 Å². The molecule has 102 heavy (non-hydrogen) atoms. The Labute approximate surface area is 618 Å². The fourth-order valence-corrected chi connectivity index (χ4v) is 21.4. The van der Waals surface area contributed by atoms with Crippen molar-refractivity contribution in [3.8, 4) is 11.1 Å². The van der Waals surface area contributed by atoms with E-state index in [2.05, 4.69) is 328 Å². The molecular formula is C100H126N2. The fraction of sp³-hybridized carbons (Fsp3) is 0.520. The Kier molecular flexibility index (Phi) is 16.7. The molecule has 10 aliphatic carbocycles. The lowest BCUT2D eigenvalue weighted by Gasteiger charge is -2.46. The van der Waals surface area contributed by atoms with Gasteiger partial charge in [-0.25, -0.2) is 0 Å². The van der Waals surface area contributed by atoms with E-state index in [9.17, 15) is 0 Å². The summed E-state index contributed by atoms with van der Waals surface area (Å²) in [5.74, 6) is 1.89. The van der Waals surface area contributed by atoms with Crippen LogP contribution in [0.15, 0.2) is 196 Å². The Bertz CT molecular complexity index is 4520. The van der Waals surface area contributed by atoms with Gasteiger partial charge >= 0.3 is 0 Å². The first-order chi connectivity index (χ1) is 47.6. The van der Waals surface area contributed by atoms with Crippen LogP contribution in [0.4, 0.5) is 17.1 Å². The third kappa shape index (κ3) is 11.5. The highest BCUT2D eigenvalue weighted by molar-refractivity contribution is 5.95. The minimum absolute atomic E-state index is 0.0303. The van der Waals surface area contributed by atoms with Crippen LogP contribution in [0.1, 0.15) is 293 Å². The molecule has 9 atom stereocenters. The molecule has 9 unspecified atom stereocenters. The van der Waals surface area contributed by atoms with Crippen LogP contribution in [0.3, 0.4) is 0 Å². The first kappa shape index (κ1) is 71.0. The average molecular weight is 1360 g/mol. The second-order valence-corrected chi connectivity index (χ2v) is 41.9. The lowest BCUT2D eigenvalue weighted by molar-refractivity contribution is 0.293. The Hall–Kier alpha value is -6.64. The van der Waals surface area contributed by atoms with Crippen LogP contribution < -0.4 is 9.80 Å². The number of fused-ring (bicyclic) bond motifs is 18. The molecule has 0 aromatic heterocycles. The highest BCUT2D eigenvalue weighted by Crippen LogP contribution is 2.73. The van der Waals surface area contributed by atoms with Gasteiger partial charge in [-0.3, -0.25) is 0 Å². The van der Waals surface area contributed by atoms with Crippen LogP contribution in [-0.2, 0) is 27.1 Å². The smallest absolute Gasteiger partial charge is 0.0532 e. The summed E-state index contributed by atoms with van der Waals surface area (Å²) < 4.78 is 0. The van der Waals surface area contributed by atoms with E-state index in [1.807, 2.05) is 0 Å². The maximum atomic E-state index is 2.96. The maximum absolute atomic E-state index is 2.96. The summed E-state index contributed by atoms with van der Waals surface area (Å²) in [6.07, 6.45) is 36.2. The van der Waals surface area contributed by atoms with Crippen molar-refractivity contribution in [1.29, 1.82) is 0 Å². The van der Waals surface area contributed by atoms with E-state index in [1.165, 1.54) is 74.6 Å². The Morgan fingerprint density at radius 3 is 1.53 bits per heavy atom. The number of hydrogen-bond donors (Lipinski definition) is 0. The lowest BCUT2D eigenvalue weighted by Crippen LogP contribution is -2.46. The Morgan fingerprint density at radius 1 is 0.412 bits per heavy atom. The van der Waals surface area contributed by atoms with Gasteiger partial charge in [-0.05, 0) is 270 Å². The highest BCUT2D eigenvalue weighted by Gasteiger charge is 2.64. The molecule has 2 nitrogen and oxygen atoms in total. The second-order valence-electron chi connectivity index (χ2n) is 41.9. The summed E-state index contributed by atoms with van der Waals surface area (Å²) in [7, 11) is 0. The standard InChI is InChI=1S/C100H126N2/c1-91(2,3)61-25-37-69(38-26-61)101(70-39-27-62(28-40-70)92(4,5)6)73-45-51-79-81-59-90-82(60-89(81)99(87(79)57-73)83-53-65(95(13,14)15)33-47-75(83)76-48-34-66(54-84(76)99)96(16,17)18)80-52-46-74(102(71-41-29-63(30-42-71)93(7,8)9)72-43-31-64(32-44-72)94(10,11)12)58-88(80)100(90)85-55-67(97(19,20)21)35-49-77(85)78-50-36-68(56-86(78)100)98(22,23)24/h25-31,33,37-39,41-44,46-47,52-56,58-60,64,70,73,76-77,84-85H,32,34-36,40,45,48-51,57H2,1-24H3. The molecule has 536 valence electrons. The molecule has 0 saturated heterocycles. The molecule has 0 bridgehead atoms. The molecule has 2 heteroatoms. The summed E-state index contributed by atoms with van der Waals surface area (Å²) in [6.45, 7) is 58.4. The SMILES string of the molecule is CC(C)(C)C1=CCC(N(c2ccc(C(C)(C)C)cc2)C2CCC3=C(C2)C2(c4cc5c(cc43)C3(C4=C(CCC(C(C)(C)C)=C4)C4CCC(C(C)(C)C)=CC43)c3cc(N(C4=CCC(C(C)(C)C)C=C4)c4ccc(C(C)(C)C)cc4)ccc3-5)c3cc(C(C)(C)C)ccc3C3CCC(C(C)(C)C)=CC32)C=C1. The van der Waals surface area contributed by atoms with Crippen LogP contribution >= 0.6 is 0 Å². The number of anilines is 3. The number of nitrogens with zero attached hydrogens (tertiary/aromatic N) is 2. The van der Waals surface area contributed by atoms with E-state index in [1.54, 1.807) is 66.8 Å². The highest BCUT2D eigenvalue weighted by atomic mass is 15.2. The molecule has 0 N–H and O–H groups in total. The predicted octanol–water partition coefficient (Wildman–Crippen LogP) is 27.5. The van der Waals surface area contributed by atoms with E-state index in [0.29, 0.717) is 23.8 Å². The van der Waals surface area contributed by atoms with Crippen molar-refractivity contribution in [3.05, 3.63) is 247 Å². The maximum Gasteiger partial charge on any atom is 0.0532 e. The quantitative estimate of drug-likeness (QED) is 0.156. The van der Waals surface area contributed by atoms with Crippen molar-refractivity contribution in [2.24, 2.45) is 50.7 Å². The van der Waals surface area contributed by atoms with Crippen LogP contribution in [0.5, 0.6) is 0 Å². The van der Waals surface area contributed by atoms with Crippen LogP contribution in [0.25, 0.3) is 16.7 Å². The zero-order valence-electron chi connectivity index (χ0n) is 67.6. The van der Waals surface area contributed by atoms with Crippen LogP contribution in [0, 0.1) is 50.7 Å². The summed E-state index contributed by atoms with van der Waals surface area (Å²) in [5, 5.41) is 0. The normalized spacial score (nSPS) is 26.9. The van der Waals surface area contributed by atoms with Gasteiger partial charge < -0.3 is 9.80 Å². The van der Waals surface area contributed by atoms with Gasteiger partial charge in [0.15, 0.2) is 0 Å². The van der Waals surface area contributed by atoms with Gasteiger partial charge in [-0.2, -0.15) is 0 Å². The van der Waals surface area contributed by atoms with Gasteiger partial charge in [0.2, 0.25) is 0 Å². The van der Waals surface area contributed by atoms with Gasteiger partial charge in [0.1, 0.15) is 0 Å². The van der Waals surface area contributed by atoms with E-state index in [-0.39, 0.29) is 66.6 Å². The van der Waals surface area contributed by atoms with Gasteiger partial charge in [-0.15, -0.1) is 0 Å². The summed E-state index contributed by atoms with van der Waals surface area (Å²) >= 11 is 0. The largest absolute Gasteiger partial charge is 0.361 e. The molecule has 0 radical (unpaired) electrons. The monoisotopic (exact) mass is 1350 g/mol. The molecule has 0 heterocycles. The van der Waals surface area contributed by atoms with Crippen molar-refractivity contribution in [1.82, 2.24) is 0 Å². The van der Waals surface area contributed by atoms with Gasteiger partial charge in [0.05, 0.1) is 11.5 Å². The average Bonchev–Trinajstić information content (AvgIpc) is 1.49. The predicted molar refractivity (Wildman–Crippen MR) is 438 cm³/mol. The van der Waals surface area contributed by atoms with Crippen molar-refractivity contribution >= 4 is 22.6 Å². The van der Waals surface area contributed by atoms with E-state index in [0.717, 1.165) is 57.8 Å². The molecule has 10 aliphatic rings. The molecule has 5 aromatic rings. The molecule has 2 spiro atoms. The topological polar surface area (TPSA) is 6.48 Å². The lowest BCUT2D eigenvalue weighted by atomic mass is 9.59. The summed E-state index contributed by atoms with van der Waals surface area (Å²) in [5.41, 5.74) is 34.6.